The number of anilines is 2. The van der Waals surface area contributed by atoms with Crippen molar-refractivity contribution in [2.45, 2.75) is 0 Å². The Hall–Kier alpha value is -3.55. The van der Waals surface area contributed by atoms with Crippen LogP contribution in [0.2, 0.25) is 0 Å². The molecular weight excluding hydrogens is 296 g/mol. The zero-order chi connectivity index (χ0) is 16.1. The maximum atomic E-state index is 12.2. The van der Waals surface area contributed by atoms with E-state index in [0.29, 0.717) is 11.6 Å². The summed E-state index contributed by atoms with van der Waals surface area (Å²) in [5.74, 6) is -0.289. The van der Waals surface area contributed by atoms with Crippen LogP contribution >= 0.6 is 0 Å². The van der Waals surface area contributed by atoms with Crippen LogP contribution in [-0.2, 0) is 0 Å². The van der Waals surface area contributed by atoms with E-state index in [1.807, 2.05) is 0 Å². The number of aromatic nitrogens is 4. The van der Waals surface area contributed by atoms with E-state index in [2.05, 4.69) is 30.6 Å². The van der Waals surface area contributed by atoms with Crippen molar-refractivity contribution in [3.8, 4) is 0 Å². The fraction of sp³-hybridized carbons (Fsp3) is 0. The van der Waals surface area contributed by atoms with Crippen LogP contribution in [0.1, 0.15) is 21.0 Å². The monoisotopic (exact) mass is 308 g/mol. The third-order valence-electron chi connectivity index (χ3n) is 2.89. The number of rotatable bonds is 4. The number of pyridine rings is 2. The van der Waals surface area contributed by atoms with E-state index in [9.17, 15) is 9.59 Å². The molecular formula is C15H12N6O2. The highest BCUT2D eigenvalue weighted by molar-refractivity contribution is 6.12. The van der Waals surface area contributed by atoms with Crippen LogP contribution in [0.25, 0.3) is 0 Å². The van der Waals surface area contributed by atoms with Crippen molar-refractivity contribution >= 4 is 23.5 Å². The molecule has 0 atom stereocenters. The number of nitrogens with zero attached hydrogens (tertiary/aromatic N) is 3. The van der Waals surface area contributed by atoms with E-state index in [4.69, 9.17) is 0 Å². The number of nitrogens with one attached hydrogen (secondary N) is 3. The Morgan fingerprint density at radius 2 is 1.43 bits per heavy atom. The minimum absolute atomic E-state index is 0.0240. The van der Waals surface area contributed by atoms with Gasteiger partial charge in [-0.2, -0.15) is 0 Å². The van der Waals surface area contributed by atoms with Gasteiger partial charge in [-0.3, -0.25) is 9.59 Å². The summed E-state index contributed by atoms with van der Waals surface area (Å²) < 4.78 is 0. The average molecular weight is 308 g/mol. The summed E-state index contributed by atoms with van der Waals surface area (Å²) in [6, 6.07) is 10.2. The highest BCUT2D eigenvalue weighted by Crippen LogP contribution is 2.10. The predicted molar refractivity (Wildman–Crippen MR) is 83.0 cm³/mol. The smallest absolute Gasteiger partial charge is 0.277 e. The van der Waals surface area contributed by atoms with E-state index < -0.39 is 11.8 Å². The van der Waals surface area contributed by atoms with E-state index in [1.165, 1.54) is 6.33 Å². The molecule has 3 heterocycles. The molecule has 3 rings (SSSR count). The van der Waals surface area contributed by atoms with Gasteiger partial charge in [0.15, 0.2) is 5.69 Å². The summed E-state index contributed by atoms with van der Waals surface area (Å²) in [4.78, 5) is 39.0. The average Bonchev–Trinajstić information content (AvgIpc) is 3.06. The molecule has 0 aliphatic rings. The van der Waals surface area contributed by atoms with Gasteiger partial charge in [0.2, 0.25) is 0 Å². The van der Waals surface area contributed by atoms with Gasteiger partial charge in [0.25, 0.3) is 11.8 Å². The van der Waals surface area contributed by atoms with Crippen molar-refractivity contribution in [1.29, 1.82) is 0 Å². The van der Waals surface area contributed by atoms with Crippen molar-refractivity contribution in [3.05, 3.63) is 66.5 Å². The largest absolute Gasteiger partial charge is 0.340 e. The first-order valence-corrected chi connectivity index (χ1v) is 6.72. The van der Waals surface area contributed by atoms with Gasteiger partial charge in [-0.05, 0) is 24.3 Å². The Balaban J connectivity index is 1.76. The molecule has 23 heavy (non-hydrogen) atoms. The Morgan fingerprint density at radius 1 is 0.826 bits per heavy atom. The Kier molecular flexibility index (Phi) is 4.05. The quantitative estimate of drug-likeness (QED) is 0.679. The third-order valence-corrected chi connectivity index (χ3v) is 2.89. The summed E-state index contributed by atoms with van der Waals surface area (Å²) in [6.45, 7) is 0. The Labute approximate surface area is 131 Å². The highest BCUT2D eigenvalue weighted by atomic mass is 16.2. The zero-order valence-corrected chi connectivity index (χ0v) is 11.9. The summed E-state index contributed by atoms with van der Waals surface area (Å²) in [5, 5.41) is 5.16. The predicted octanol–water partition coefficient (Wildman–Crippen LogP) is 1.70. The molecule has 0 radical (unpaired) electrons. The van der Waals surface area contributed by atoms with Crippen LogP contribution in [-0.4, -0.2) is 31.8 Å². The molecule has 0 unspecified atom stereocenters. The lowest BCUT2D eigenvalue weighted by atomic mass is 10.3. The number of H-pyrrole nitrogens is 1. The van der Waals surface area contributed by atoms with E-state index in [1.54, 1.807) is 48.8 Å². The summed E-state index contributed by atoms with van der Waals surface area (Å²) in [6.07, 6.45) is 4.38. The van der Waals surface area contributed by atoms with Gasteiger partial charge in [0, 0.05) is 12.4 Å². The summed E-state index contributed by atoms with van der Waals surface area (Å²) in [5.41, 5.74) is 0.0215. The molecule has 0 aliphatic carbocycles. The highest BCUT2D eigenvalue weighted by Gasteiger charge is 2.21. The molecule has 0 saturated carbocycles. The third kappa shape index (κ3) is 3.38. The number of hydrogen-bond acceptors (Lipinski definition) is 5. The number of carbonyl (C=O) groups excluding carboxylic acids is 2. The molecule has 3 aromatic heterocycles. The summed E-state index contributed by atoms with van der Waals surface area (Å²) in [7, 11) is 0. The molecule has 114 valence electrons. The Bertz CT molecular complexity index is 748. The van der Waals surface area contributed by atoms with Gasteiger partial charge in [0.1, 0.15) is 17.3 Å². The van der Waals surface area contributed by atoms with E-state index in [0.717, 1.165) is 0 Å². The number of hydrogen-bond donors (Lipinski definition) is 3. The van der Waals surface area contributed by atoms with Gasteiger partial charge < -0.3 is 15.6 Å². The van der Waals surface area contributed by atoms with Crippen LogP contribution in [0.5, 0.6) is 0 Å². The lowest BCUT2D eigenvalue weighted by Crippen LogP contribution is -2.21. The van der Waals surface area contributed by atoms with Crippen LogP contribution < -0.4 is 10.6 Å². The first kappa shape index (κ1) is 14.4. The molecule has 3 aromatic rings. The minimum Gasteiger partial charge on any atom is -0.340 e. The number of aromatic amines is 1. The molecule has 0 saturated heterocycles. The standard InChI is InChI=1S/C15H12N6O2/c22-14(20-10-5-1-3-7-16-10)12-13(19-9-18-12)15(23)21-11-6-2-4-8-17-11/h1-9H,(H,18,19)(H,16,20,22)(H,17,21,23). The van der Waals surface area contributed by atoms with Crippen molar-refractivity contribution in [2.75, 3.05) is 10.6 Å². The molecule has 2 amide bonds. The first-order chi connectivity index (χ1) is 11.2. The molecule has 0 aliphatic heterocycles. The van der Waals surface area contributed by atoms with E-state index >= 15 is 0 Å². The van der Waals surface area contributed by atoms with Crippen molar-refractivity contribution in [1.82, 2.24) is 19.9 Å². The topological polar surface area (TPSA) is 113 Å². The maximum Gasteiger partial charge on any atom is 0.277 e. The van der Waals surface area contributed by atoms with Gasteiger partial charge in [-0.25, -0.2) is 15.0 Å². The fourth-order valence-corrected chi connectivity index (χ4v) is 1.87. The molecule has 3 N–H and O–H groups in total. The maximum absolute atomic E-state index is 12.2. The molecule has 0 aromatic carbocycles. The van der Waals surface area contributed by atoms with Crippen LogP contribution in [0.4, 0.5) is 11.6 Å². The lowest BCUT2D eigenvalue weighted by molar-refractivity contribution is 0.0985. The normalized spacial score (nSPS) is 10.1. The second-order valence-corrected chi connectivity index (χ2v) is 4.46. The number of carbonyl (C=O) groups is 2. The molecule has 0 fully saturated rings. The van der Waals surface area contributed by atoms with Crippen LogP contribution in [0.3, 0.4) is 0 Å². The number of amides is 2. The SMILES string of the molecule is O=C(Nc1ccccn1)c1nc[nH]c1C(=O)Nc1ccccn1. The first-order valence-electron chi connectivity index (χ1n) is 6.72. The van der Waals surface area contributed by atoms with Crippen molar-refractivity contribution in [3.63, 3.8) is 0 Å². The molecule has 8 nitrogen and oxygen atoms in total. The van der Waals surface area contributed by atoms with E-state index in [-0.39, 0.29) is 11.4 Å². The molecule has 8 heteroatoms. The Morgan fingerprint density at radius 3 is 2.00 bits per heavy atom. The summed E-state index contributed by atoms with van der Waals surface area (Å²) >= 11 is 0. The minimum atomic E-state index is -0.531. The fourth-order valence-electron chi connectivity index (χ4n) is 1.87. The molecule has 0 bridgehead atoms. The second-order valence-electron chi connectivity index (χ2n) is 4.46. The van der Waals surface area contributed by atoms with Crippen molar-refractivity contribution < 1.29 is 9.59 Å². The van der Waals surface area contributed by atoms with Gasteiger partial charge >= 0.3 is 0 Å². The number of imidazole rings is 1. The second kappa shape index (κ2) is 6.48. The van der Waals surface area contributed by atoms with Crippen LogP contribution in [0, 0.1) is 0 Å². The lowest BCUT2D eigenvalue weighted by Gasteiger charge is -2.05. The van der Waals surface area contributed by atoms with Crippen molar-refractivity contribution in [2.24, 2.45) is 0 Å². The van der Waals surface area contributed by atoms with Crippen LogP contribution in [0.15, 0.2) is 55.1 Å². The zero-order valence-electron chi connectivity index (χ0n) is 11.9. The van der Waals surface area contributed by atoms with Gasteiger partial charge in [0.05, 0.1) is 6.33 Å². The van der Waals surface area contributed by atoms with Gasteiger partial charge in [-0.15, -0.1) is 0 Å². The molecule has 0 spiro atoms. The van der Waals surface area contributed by atoms with Gasteiger partial charge in [-0.1, -0.05) is 12.1 Å².